The second kappa shape index (κ2) is 9.32. The highest BCUT2D eigenvalue weighted by Crippen LogP contribution is 2.17. The van der Waals surface area contributed by atoms with Crippen LogP contribution in [0.15, 0.2) is 29.7 Å². The number of nitrogens with one attached hydrogen (secondary N) is 2. The molecular formula is C19H26N6O6. The minimum Gasteiger partial charge on any atom is -0.477 e. The van der Waals surface area contributed by atoms with Crippen molar-refractivity contribution in [2.75, 3.05) is 12.4 Å². The molecule has 0 aliphatic carbocycles. The standard InChI is InChI=1S/C19H26N6O6/c1-19(2,3)31-18(30)20-7-6-14(26)22-25-9-8-23(4)16(25)15(27)21-12-10-13(17(28)29)24(5)11-12/h7-11,16H,6H2,1-5H3,(H,21,27)(H,22,26)(H,28,29). The first-order chi connectivity index (χ1) is 14.4. The summed E-state index contributed by atoms with van der Waals surface area (Å²) in [6.45, 7) is 5.10. The monoisotopic (exact) mass is 434 g/mol. The summed E-state index contributed by atoms with van der Waals surface area (Å²) in [7, 11) is 3.19. The van der Waals surface area contributed by atoms with E-state index in [0.29, 0.717) is 5.69 Å². The quantitative estimate of drug-likeness (QED) is 0.565. The fourth-order valence-electron chi connectivity index (χ4n) is 2.68. The van der Waals surface area contributed by atoms with Crippen LogP contribution in [0.25, 0.3) is 0 Å². The topological polar surface area (TPSA) is 146 Å². The number of aryl methyl sites for hydroxylation is 1. The van der Waals surface area contributed by atoms with Gasteiger partial charge >= 0.3 is 12.1 Å². The van der Waals surface area contributed by atoms with E-state index in [1.165, 1.54) is 28.0 Å². The number of carbonyl (C=O) groups excluding carboxylic acids is 3. The van der Waals surface area contributed by atoms with Gasteiger partial charge in [-0.3, -0.25) is 20.0 Å². The lowest BCUT2D eigenvalue weighted by Gasteiger charge is -2.29. The maximum Gasteiger partial charge on any atom is 0.433 e. The Hall–Kier alpha value is -3.83. The van der Waals surface area contributed by atoms with Gasteiger partial charge in [0.2, 0.25) is 5.91 Å². The molecule has 0 saturated heterocycles. The predicted molar refractivity (Wildman–Crippen MR) is 111 cm³/mol. The van der Waals surface area contributed by atoms with Crippen molar-refractivity contribution >= 4 is 35.8 Å². The summed E-state index contributed by atoms with van der Waals surface area (Å²) in [6, 6.07) is 1.33. The van der Waals surface area contributed by atoms with E-state index in [9.17, 15) is 19.2 Å². The summed E-state index contributed by atoms with van der Waals surface area (Å²) in [6.07, 6.45) is 3.78. The summed E-state index contributed by atoms with van der Waals surface area (Å²) in [4.78, 5) is 52.7. The smallest absolute Gasteiger partial charge is 0.433 e. The molecule has 12 heteroatoms. The number of ether oxygens (including phenoxy) is 1. The summed E-state index contributed by atoms with van der Waals surface area (Å²) >= 11 is 0. The van der Waals surface area contributed by atoms with Gasteiger partial charge in [-0.25, -0.2) is 9.59 Å². The number of aliphatic imine (C=N–C) groups is 1. The molecule has 0 aromatic carbocycles. The zero-order valence-electron chi connectivity index (χ0n) is 17.9. The van der Waals surface area contributed by atoms with Gasteiger partial charge in [0.05, 0.1) is 12.1 Å². The lowest BCUT2D eigenvalue weighted by molar-refractivity contribution is -0.130. The Morgan fingerprint density at radius 3 is 2.48 bits per heavy atom. The van der Waals surface area contributed by atoms with Gasteiger partial charge < -0.3 is 24.6 Å². The van der Waals surface area contributed by atoms with E-state index in [-0.39, 0.29) is 12.1 Å². The van der Waals surface area contributed by atoms with E-state index < -0.39 is 35.6 Å². The molecule has 2 heterocycles. The number of amides is 3. The molecule has 1 aromatic heterocycles. The summed E-state index contributed by atoms with van der Waals surface area (Å²) in [5.74, 6) is -2.11. The highest BCUT2D eigenvalue weighted by Gasteiger charge is 2.32. The predicted octanol–water partition coefficient (Wildman–Crippen LogP) is 1.13. The van der Waals surface area contributed by atoms with E-state index in [4.69, 9.17) is 9.84 Å². The fourth-order valence-corrected chi connectivity index (χ4v) is 2.68. The fraction of sp³-hybridized carbons (Fsp3) is 0.421. The Kier molecular flexibility index (Phi) is 7.05. The number of nitrogens with zero attached hydrogens (tertiary/aromatic N) is 4. The molecule has 31 heavy (non-hydrogen) atoms. The minimum absolute atomic E-state index is 0.0163. The first-order valence-electron chi connectivity index (χ1n) is 9.31. The number of carboxylic acid groups (broad SMARTS) is 1. The molecule has 0 spiro atoms. The van der Waals surface area contributed by atoms with Gasteiger partial charge in [0.1, 0.15) is 11.3 Å². The molecule has 0 fully saturated rings. The molecule has 0 radical (unpaired) electrons. The highest BCUT2D eigenvalue weighted by atomic mass is 16.6. The van der Waals surface area contributed by atoms with Crippen LogP contribution in [0.1, 0.15) is 37.7 Å². The largest absolute Gasteiger partial charge is 0.477 e. The third-order valence-corrected chi connectivity index (χ3v) is 3.96. The van der Waals surface area contributed by atoms with Crippen molar-refractivity contribution in [3.8, 4) is 0 Å². The van der Waals surface area contributed by atoms with Gasteiger partial charge in [-0.05, 0) is 26.8 Å². The van der Waals surface area contributed by atoms with Gasteiger partial charge in [0, 0.05) is 38.9 Å². The van der Waals surface area contributed by atoms with E-state index in [1.807, 2.05) is 0 Å². The van der Waals surface area contributed by atoms with Crippen molar-refractivity contribution in [2.45, 2.75) is 39.0 Å². The SMILES string of the molecule is CN1C=CN(NC(=O)CC=NC(=O)OC(C)(C)C)C1C(=O)Nc1cc(C(=O)O)n(C)c1. The Balaban J connectivity index is 1.95. The van der Waals surface area contributed by atoms with Crippen molar-refractivity contribution in [1.82, 2.24) is 19.9 Å². The summed E-state index contributed by atoms with van der Waals surface area (Å²) < 4.78 is 6.38. The Morgan fingerprint density at radius 1 is 1.23 bits per heavy atom. The van der Waals surface area contributed by atoms with Crippen LogP contribution in [0.2, 0.25) is 0 Å². The molecule has 1 aliphatic heterocycles. The zero-order chi connectivity index (χ0) is 23.3. The average molecular weight is 434 g/mol. The molecule has 0 saturated carbocycles. The number of hydrazine groups is 1. The number of hydrogen-bond acceptors (Lipinski definition) is 7. The highest BCUT2D eigenvalue weighted by molar-refractivity contribution is 5.97. The van der Waals surface area contributed by atoms with Crippen LogP contribution in [-0.2, 0) is 21.4 Å². The molecule has 3 amide bonds. The number of aromatic carboxylic acids is 1. The van der Waals surface area contributed by atoms with Crippen molar-refractivity contribution < 1.29 is 29.0 Å². The number of anilines is 1. The van der Waals surface area contributed by atoms with Crippen LogP contribution >= 0.6 is 0 Å². The number of aromatic nitrogens is 1. The number of likely N-dealkylation sites (N-methyl/N-ethyl adjacent to an activating group) is 1. The van der Waals surface area contributed by atoms with Gasteiger partial charge in [-0.15, -0.1) is 0 Å². The molecule has 3 N–H and O–H groups in total. The maximum absolute atomic E-state index is 12.7. The lowest BCUT2D eigenvalue weighted by Crippen LogP contribution is -2.53. The van der Waals surface area contributed by atoms with Crippen molar-refractivity contribution in [1.29, 1.82) is 0 Å². The van der Waals surface area contributed by atoms with Crippen LogP contribution in [-0.4, -0.2) is 68.5 Å². The average Bonchev–Trinajstić information content (AvgIpc) is 3.15. The van der Waals surface area contributed by atoms with E-state index in [0.717, 1.165) is 6.21 Å². The molecular weight excluding hydrogens is 408 g/mol. The van der Waals surface area contributed by atoms with E-state index in [1.54, 1.807) is 46.0 Å². The van der Waals surface area contributed by atoms with Gasteiger partial charge in [0.25, 0.3) is 5.91 Å². The third kappa shape index (κ3) is 6.59. The van der Waals surface area contributed by atoms with Gasteiger partial charge in [-0.1, -0.05) is 0 Å². The van der Waals surface area contributed by atoms with E-state index >= 15 is 0 Å². The minimum atomic E-state index is -1.12. The molecule has 1 atom stereocenters. The molecule has 1 aromatic rings. The second-order valence-electron chi connectivity index (χ2n) is 7.79. The summed E-state index contributed by atoms with van der Waals surface area (Å²) in [5.41, 5.74) is 2.18. The van der Waals surface area contributed by atoms with Gasteiger partial charge in [-0.2, -0.15) is 4.99 Å². The van der Waals surface area contributed by atoms with Crippen LogP contribution in [0.3, 0.4) is 0 Å². The van der Waals surface area contributed by atoms with Crippen LogP contribution < -0.4 is 10.7 Å². The molecule has 168 valence electrons. The third-order valence-electron chi connectivity index (χ3n) is 3.96. The normalized spacial score (nSPS) is 16.0. The van der Waals surface area contributed by atoms with Crippen LogP contribution in [0.4, 0.5) is 10.5 Å². The molecule has 2 rings (SSSR count). The zero-order valence-corrected chi connectivity index (χ0v) is 17.9. The van der Waals surface area contributed by atoms with Gasteiger partial charge in [0.15, 0.2) is 6.17 Å². The van der Waals surface area contributed by atoms with Crippen LogP contribution in [0.5, 0.6) is 0 Å². The van der Waals surface area contributed by atoms with Crippen molar-refractivity contribution in [2.24, 2.45) is 12.0 Å². The lowest BCUT2D eigenvalue weighted by atomic mass is 10.2. The van der Waals surface area contributed by atoms with Crippen molar-refractivity contribution in [3.05, 3.63) is 30.4 Å². The molecule has 1 unspecified atom stereocenters. The Labute approximate surface area is 179 Å². The first-order valence-corrected chi connectivity index (χ1v) is 9.31. The molecule has 0 bridgehead atoms. The van der Waals surface area contributed by atoms with Crippen LogP contribution in [0, 0.1) is 0 Å². The summed E-state index contributed by atoms with van der Waals surface area (Å²) in [5, 5.41) is 13.0. The van der Waals surface area contributed by atoms with Crippen molar-refractivity contribution in [3.63, 3.8) is 0 Å². The molecule has 1 aliphatic rings. The Bertz CT molecular complexity index is 929. The van der Waals surface area contributed by atoms with E-state index in [2.05, 4.69) is 15.7 Å². The second-order valence-corrected chi connectivity index (χ2v) is 7.79. The number of carbonyl (C=O) groups is 4. The first kappa shape index (κ1) is 23.4. The Morgan fingerprint density at radius 2 is 1.90 bits per heavy atom. The number of carboxylic acids is 1. The number of hydrogen-bond donors (Lipinski definition) is 3. The number of rotatable bonds is 6. The maximum atomic E-state index is 12.7. The molecule has 12 nitrogen and oxygen atoms in total.